The second-order valence-corrected chi connectivity index (χ2v) is 4.46. The molecule has 0 heterocycles. The number of rotatable bonds is 2. The van der Waals surface area contributed by atoms with Crippen molar-refractivity contribution < 1.29 is 31.4 Å². The molecule has 0 saturated carbocycles. The van der Waals surface area contributed by atoms with Gasteiger partial charge in [-0.2, -0.15) is 0 Å². The third-order valence-electron chi connectivity index (χ3n) is 2.77. The molecule has 21 heavy (non-hydrogen) atoms. The molecule has 1 nitrogen and oxygen atoms in total. The van der Waals surface area contributed by atoms with Crippen LogP contribution < -0.4 is 0 Å². The van der Waals surface area contributed by atoms with Crippen LogP contribution in [0.4, 0.5) is 26.3 Å². The van der Waals surface area contributed by atoms with Crippen molar-refractivity contribution in [1.82, 2.24) is 0 Å². The molecule has 0 amide bonds. The quantitative estimate of drug-likeness (QED) is 0.497. The number of hydrogen-bond donors (Lipinski definition) is 1. The highest BCUT2D eigenvalue weighted by atomic mass is 35.5. The second kappa shape index (κ2) is 5.57. The highest BCUT2D eigenvalue weighted by Crippen LogP contribution is 2.34. The first-order chi connectivity index (χ1) is 9.75. The Balaban J connectivity index is 2.69. The van der Waals surface area contributed by atoms with Gasteiger partial charge in [-0.15, -0.1) is 0 Å². The first-order valence-corrected chi connectivity index (χ1v) is 5.77. The van der Waals surface area contributed by atoms with E-state index in [9.17, 15) is 31.4 Å². The summed E-state index contributed by atoms with van der Waals surface area (Å²) in [6.07, 6.45) is -2.32. The monoisotopic (exact) mass is 326 g/mol. The Bertz CT molecular complexity index is 689. The minimum absolute atomic E-state index is 0.298. The molecule has 0 aliphatic heterocycles. The smallest absolute Gasteiger partial charge is 0.200 e. The van der Waals surface area contributed by atoms with Crippen LogP contribution in [-0.2, 0) is 0 Å². The highest BCUT2D eigenvalue weighted by Gasteiger charge is 2.31. The molecule has 0 radical (unpaired) electrons. The van der Waals surface area contributed by atoms with E-state index in [0.717, 1.165) is 12.1 Å². The number of aliphatic hydroxyl groups is 1. The molecule has 2 aromatic rings. The van der Waals surface area contributed by atoms with Gasteiger partial charge >= 0.3 is 0 Å². The first-order valence-electron chi connectivity index (χ1n) is 5.40. The molecule has 0 fully saturated rings. The normalized spacial score (nSPS) is 12.6. The summed E-state index contributed by atoms with van der Waals surface area (Å²) in [4.78, 5) is 0. The summed E-state index contributed by atoms with van der Waals surface area (Å²) in [5.74, 6) is -12.1. The maximum Gasteiger partial charge on any atom is 0.200 e. The van der Waals surface area contributed by atoms with E-state index in [1.165, 1.54) is 0 Å². The minimum Gasteiger partial charge on any atom is -0.383 e. The molecule has 1 unspecified atom stereocenters. The van der Waals surface area contributed by atoms with Crippen LogP contribution in [0.2, 0.25) is 5.02 Å². The Labute approximate surface area is 119 Å². The Morgan fingerprint density at radius 1 is 0.810 bits per heavy atom. The molecule has 1 N–H and O–H groups in total. The molecule has 0 aromatic heterocycles. The van der Waals surface area contributed by atoms with Crippen molar-refractivity contribution >= 4 is 11.6 Å². The van der Waals surface area contributed by atoms with E-state index in [-0.39, 0.29) is 5.02 Å². The van der Waals surface area contributed by atoms with Crippen molar-refractivity contribution in [1.29, 1.82) is 0 Å². The van der Waals surface area contributed by atoms with E-state index in [2.05, 4.69) is 0 Å². The Kier molecular flexibility index (Phi) is 4.15. The zero-order valence-electron chi connectivity index (χ0n) is 9.90. The molecule has 0 aliphatic rings. The first kappa shape index (κ1) is 15.7. The Morgan fingerprint density at radius 2 is 1.29 bits per heavy atom. The maximum absolute atomic E-state index is 13.6. The van der Waals surface area contributed by atoms with E-state index >= 15 is 0 Å². The molecule has 0 saturated heterocycles. The van der Waals surface area contributed by atoms with E-state index < -0.39 is 52.1 Å². The summed E-state index contributed by atoms with van der Waals surface area (Å²) in [5.41, 5.74) is -2.03. The molecule has 2 aromatic carbocycles. The van der Waals surface area contributed by atoms with Crippen LogP contribution >= 0.6 is 11.6 Å². The van der Waals surface area contributed by atoms with Gasteiger partial charge < -0.3 is 5.11 Å². The van der Waals surface area contributed by atoms with Gasteiger partial charge in [-0.3, -0.25) is 0 Å². The van der Waals surface area contributed by atoms with Crippen LogP contribution in [0.3, 0.4) is 0 Å². The van der Waals surface area contributed by atoms with Crippen molar-refractivity contribution in [2.24, 2.45) is 0 Å². The molecule has 0 aliphatic carbocycles. The van der Waals surface area contributed by atoms with E-state index in [1.807, 2.05) is 0 Å². The van der Waals surface area contributed by atoms with Gasteiger partial charge in [-0.05, 0) is 18.2 Å². The van der Waals surface area contributed by atoms with E-state index in [1.54, 1.807) is 0 Å². The molecular weight excluding hydrogens is 322 g/mol. The standard InChI is InChI=1S/C13H5ClF6O/c14-6-2-1-4(15)3-5(6)13(21)7-8(16)10(18)12(20)11(19)9(7)17/h1-3,13,21H. The predicted molar refractivity (Wildman–Crippen MR) is 61.7 cm³/mol. The highest BCUT2D eigenvalue weighted by molar-refractivity contribution is 6.31. The van der Waals surface area contributed by atoms with Crippen LogP contribution in [0.1, 0.15) is 17.2 Å². The summed E-state index contributed by atoms with van der Waals surface area (Å²) < 4.78 is 79.3. The third-order valence-corrected chi connectivity index (χ3v) is 3.11. The van der Waals surface area contributed by atoms with Crippen LogP contribution in [0, 0.1) is 34.9 Å². The summed E-state index contributed by atoms with van der Waals surface area (Å²) in [6, 6.07) is 2.50. The average Bonchev–Trinajstić information content (AvgIpc) is 2.45. The van der Waals surface area contributed by atoms with Crippen molar-refractivity contribution in [3.63, 3.8) is 0 Å². The number of benzene rings is 2. The lowest BCUT2D eigenvalue weighted by Crippen LogP contribution is -2.12. The third kappa shape index (κ3) is 2.58. The minimum atomic E-state index is -2.36. The molecule has 1 atom stereocenters. The van der Waals surface area contributed by atoms with Crippen molar-refractivity contribution in [3.8, 4) is 0 Å². The SMILES string of the molecule is OC(c1cc(F)ccc1Cl)c1c(F)c(F)c(F)c(F)c1F. The summed E-state index contributed by atoms with van der Waals surface area (Å²) in [6.45, 7) is 0. The summed E-state index contributed by atoms with van der Waals surface area (Å²) in [7, 11) is 0. The molecule has 8 heteroatoms. The largest absolute Gasteiger partial charge is 0.383 e. The van der Waals surface area contributed by atoms with Crippen molar-refractivity contribution in [2.75, 3.05) is 0 Å². The number of halogens is 7. The summed E-state index contributed by atoms with van der Waals surface area (Å²) in [5, 5.41) is 9.51. The van der Waals surface area contributed by atoms with Gasteiger partial charge in [0.2, 0.25) is 5.82 Å². The lowest BCUT2D eigenvalue weighted by molar-refractivity contribution is 0.202. The lowest BCUT2D eigenvalue weighted by atomic mass is 9.99. The molecule has 0 spiro atoms. The zero-order valence-corrected chi connectivity index (χ0v) is 10.7. The van der Waals surface area contributed by atoms with Crippen LogP contribution in [-0.4, -0.2) is 5.11 Å². The molecular formula is C13H5ClF6O. The van der Waals surface area contributed by atoms with Crippen molar-refractivity contribution in [2.45, 2.75) is 6.10 Å². The van der Waals surface area contributed by atoms with Gasteiger partial charge in [-0.25, -0.2) is 26.3 Å². The number of hydrogen-bond acceptors (Lipinski definition) is 1. The lowest BCUT2D eigenvalue weighted by Gasteiger charge is -2.16. The topological polar surface area (TPSA) is 20.2 Å². The fraction of sp³-hybridized carbons (Fsp3) is 0.0769. The Hall–Kier alpha value is -1.73. The van der Waals surface area contributed by atoms with Crippen LogP contribution in [0.25, 0.3) is 0 Å². The summed E-state index contributed by atoms with van der Waals surface area (Å²) >= 11 is 5.62. The molecule has 0 bridgehead atoms. The van der Waals surface area contributed by atoms with Gasteiger partial charge in [0, 0.05) is 10.6 Å². The maximum atomic E-state index is 13.6. The van der Waals surface area contributed by atoms with Crippen molar-refractivity contribution in [3.05, 3.63) is 69.3 Å². The van der Waals surface area contributed by atoms with Crippen LogP contribution in [0.5, 0.6) is 0 Å². The molecule has 112 valence electrons. The second-order valence-electron chi connectivity index (χ2n) is 4.05. The van der Waals surface area contributed by atoms with Gasteiger partial charge in [-0.1, -0.05) is 11.6 Å². The van der Waals surface area contributed by atoms with Gasteiger partial charge in [0.15, 0.2) is 23.3 Å². The van der Waals surface area contributed by atoms with Gasteiger partial charge in [0.05, 0.1) is 5.56 Å². The van der Waals surface area contributed by atoms with Gasteiger partial charge in [0.1, 0.15) is 11.9 Å². The molecule has 2 rings (SSSR count). The van der Waals surface area contributed by atoms with Gasteiger partial charge in [0.25, 0.3) is 0 Å². The zero-order chi connectivity index (χ0) is 15.9. The van der Waals surface area contributed by atoms with Crippen LogP contribution in [0.15, 0.2) is 18.2 Å². The average molecular weight is 327 g/mol. The van der Waals surface area contributed by atoms with E-state index in [4.69, 9.17) is 11.6 Å². The van der Waals surface area contributed by atoms with E-state index in [0.29, 0.717) is 6.07 Å². The fourth-order valence-electron chi connectivity index (χ4n) is 1.74. The Morgan fingerprint density at radius 3 is 1.81 bits per heavy atom. The fourth-order valence-corrected chi connectivity index (χ4v) is 1.96. The predicted octanol–water partition coefficient (Wildman–Crippen LogP) is 4.26. The number of aliphatic hydroxyl groups excluding tert-OH is 1.